The Kier molecular flexibility index (Phi) is 10.0. The smallest absolute Gasteiger partial charge is 0.390 e. The number of nitrogens with one attached hydrogen (secondary N) is 2. The molecule has 3 N–H and O–H groups in total. The van der Waals surface area contributed by atoms with E-state index in [1.54, 1.807) is 32.0 Å². The van der Waals surface area contributed by atoms with Crippen molar-refractivity contribution in [3.63, 3.8) is 0 Å². The lowest BCUT2D eigenvalue weighted by molar-refractivity contribution is -0.137. The van der Waals surface area contributed by atoms with Gasteiger partial charge < -0.3 is 20.3 Å². The zero-order valence-corrected chi connectivity index (χ0v) is 27.5. The van der Waals surface area contributed by atoms with Crippen molar-refractivity contribution in [1.82, 2.24) is 15.2 Å². The highest BCUT2D eigenvalue weighted by Crippen LogP contribution is 2.34. The third kappa shape index (κ3) is 7.82. The standard InChI is InChI=1S/C35H41F3N4O4S/c1-4-41-17-15-28-30(41)20-25(21-31(28)42-16-8-9-18-47(42,45)46)33(44)40-29(19-24-11-6-5-7-12-24)32(43)23-39-34(2,3)26-13-10-14-27(22-26)35(36,37)38/h5-7,10-15,17,20-22,29,32,39,43H,4,8-9,16,18-19,23H2,1-3H3,(H,40,44)/t29-,32+/m0/s1. The second-order valence-corrected chi connectivity index (χ2v) is 14.6. The number of rotatable bonds is 11. The van der Waals surface area contributed by atoms with Gasteiger partial charge in [0.05, 0.1) is 34.7 Å². The fourth-order valence-electron chi connectivity index (χ4n) is 6.04. The van der Waals surface area contributed by atoms with E-state index in [4.69, 9.17) is 0 Å². The van der Waals surface area contributed by atoms with Gasteiger partial charge in [0.15, 0.2) is 0 Å². The number of carbonyl (C=O) groups excluding carboxylic acids is 1. The van der Waals surface area contributed by atoms with Gasteiger partial charge in [0.2, 0.25) is 10.0 Å². The molecule has 0 saturated carbocycles. The van der Waals surface area contributed by atoms with E-state index >= 15 is 0 Å². The van der Waals surface area contributed by atoms with E-state index in [0.29, 0.717) is 37.2 Å². The van der Waals surface area contributed by atoms with Gasteiger partial charge in [-0.05, 0) is 81.5 Å². The molecule has 2 heterocycles. The van der Waals surface area contributed by atoms with E-state index in [1.165, 1.54) is 10.4 Å². The minimum Gasteiger partial charge on any atom is -0.390 e. The Morgan fingerprint density at radius 2 is 1.70 bits per heavy atom. The number of benzene rings is 3. The molecule has 1 aliphatic rings. The Labute approximate surface area is 273 Å². The van der Waals surface area contributed by atoms with Crippen LogP contribution in [0, 0.1) is 0 Å². The Morgan fingerprint density at radius 3 is 2.38 bits per heavy atom. The Morgan fingerprint density at radius 1 is 0.979 bits per heavy atom. The van der Waals surface area contributed by atoms with E-state index in [2.05, 4.69) is 10.6 Å². The summed E-state index contributed by atoms with van der Waals surface area (Å²) in [4.78, 5) is 13.9. The number of alkyl halides is 3. The minimum absolute atomic E-state index is 0.0317. The lowest BCUT2D eigenvalue weighted by Gasteiger charge is -2.32. The number of sulfonamides is 1. The highest BCUT2D eigenvalue weighted by Gasteiger charge is 2.33. The summed E-state index contributed by atoms with van der Waals surface area (Å²) in [6, 6.07) is 18.8. The van der Waals surface area contributed by atoms with Crippen molar-refractivity contribution >= 4 is 32.5 Å². The molecule has 1 fully saturated rings. The van der Waals surface area contributed by atoms with Gasteiger partial charge in [-0.2, -0.15) is 13.2 Å². The molecule has 0 spiro atoms. The number of hydrogen-bond donors (Lipinski definition) is 3. The molecule has 1 aliphatic heterocycles. The Bertz CT molecular complexity index is 1820. The third-order valence-electron chi connectivity index (χ3n) is 8.83. The van der Waals surface area contributed by atoms with Crippen LogP contribution in [0.3, 0.4) is 0 Å². The number of aromatic nitrogens is 1. The monoisotopic (exact) mass is 670 g/mol. The van der Waals surface area contributed by atoms with Crippen molar-refractivity contribution in [2.75, 3.05) is 23.1 Å². The molecule has 3 aromatic carbocycles. The van der Waals surface area contributed by atoms with Crippen molar-refractivity contribution < 1.29 is 31.5 Å². The number of aliphatic hydroxyl groups is 1. The summed E-state index contributed by atoms with van der Waals surface area (Å²) in [6.07, 6.45) is -2.19. The van der Waals surface area contributed by atoms with Crippen LogP contribution in [0.5, 0.6) is 0 Å². The second kappa shape index (κ2) is 13.7. The van der Waals surface area contributed by atoms with Crippen LogP contribution in [0.2, 0.25) is 0 Å². The Hall–Kier alpha value is -3.87. The number of aliphatic hydroxyl groups excluding tert-OH is 1. The summed E-state index contributed by atoms with van der Waals surface area (Å²) in [5.41, 5.74) is 0.992. The lowest BCUT2D eigenvalue weighted by Crippen LogP contribution is -2.51. The SMILES string of the molecule is CCn1ccc2c(N3CCCCS3(=O)=O)cc(C(=O)N[C@@H](Cc3ccccc3)[C@H](O)CNC(C)(C)c3cccc(C(F)(F)F)c3)cc21. The average Bonchev–Trinajstić information content (AvgIpc) is 3.46. The van der Waals surface area contributed by atoms with Crippen LogP contribution in [0.25, 0.3) is 10.9 Å². The first-order valence-electron chi connectivity index (χ1n) is 15.8. The first-order chi connectivity index (χ1) is 22.2. The van der Waals surface area contributed by atoms with Crippen LogP contribution < -0.4 is 14.9 Å². The van der Waals surface area contributed by atoms with Crippen LogP contribution in [0.4, 0.5) is 18.9 Å². The molecular formula is C35H41F3N4O4S. The second-order valence-electron chi connectivity index (χ2n) is 12.5. The molecule has 5 rings (SSSR count). The molecule has 1 aromatic heterocycles. The van der Waals surface area contributed by atoms with E-state index in [9.17, 15) is 31.5 Å². The van der Waals surface area contributed by atoms with Gasteiger partial charge in [0.25, 0.3) is 5.91 Å². The van der Waals surface area contributed by atoms with E-state index < -0.39 is 45.4 Å². The van der Waals surface area contributed by atoms with Crippen LogP contribution in [-0.4, -0.2) is 55.0 Å². The molecule has 4 aromatic rings. The van der Waals surface area contributed by atoms with Gasteiger partial charge in [-0.3, -0.25) is 9.10 Å². The van der Waals surface area contributed by atoms with Crippen LogP contribution in [0.1, 0.15) is 60.7 Å². The maximum absolute atomic E-state index is 13.9. The highest BCUT2D eigenvalue weighted by molar-refractivity contribution is 7.92. The molecule has 12 heteroatoms. The van der Waals surface area contributed by atoms with Crippen molar-refractivity contribution in [2.45, 2.75) is 70.4 Å². The van der Waals surface area contributed by atoms with Crippen LogP contribution in [0.15, 0.2) is 79.0 Å². The predicted molar refractivity (Wildman–Crippen MR) is 178 cm³/mol. The molecule has 2 atom stereocenters. The zero-order chi connectivity index (χ0) is 34.0. The van der Waals surface area contributed by atoms with Crippen molar-refractivity contribution in [2.24, 2.45) is 0 Å². The molecule has 8 nitrogen and oxygen atoms in total. The zero-order valence-electron chi connectivity index (χ0n) is 26.7. The van der Waals surface area contributed by atoms with Gasteiger partial charge in [-0.15, -0.1) is 0 Å². The molecule has 1 amide bonds. The van der Waals surface area contributed by atoms with Gasteiger partial charge in [0.1, 0.15) is 0 Å². The maximum Gasteiger partial charge on any atom is 0.416 e. The molecule has 0 bridgehead atoms. The van der Waals surface area contributed by atoms with Gasteiger partial charge in [0, 0.05) is 42.3 Å². The molecular weight excluding hydrogens is 629 g/mol. The largest absolute Gasteiger partial charge is 0.416 e. The van der Waals surface area contributed by atoms with Gasteiger partial charge in [-0.1, -0.05) is 42.5 Å². The quantitative estimate of drug-likeness (QED) is 0.186. The number of halogens is 3. The van der Waals surface area contributed by atoms with E-state index in [0.717, 1.165) is 28.6 Å². The van der Waals surface area contributed by atoms with Crippen LogP contribution >= 0.6 is 0 Å². The van der Waals surface area contributed by atoms with Crippen molar-refractivity contribution in [1.29, 1.82) is 0 Å². The van der Waals surface area contributed by atoms with Gasteiger partial charge in [-0.25, -0.2) is 8.42 Å². The van der Waals surface area contributed by atoms with Gasteiger partial charge >= 0.3 is 6.18 Å². The molecule has 0 unspecified atom stereocenters. The molecule has 47 heavy (non-hydrogen) atoms. The highest BCUT2D eigenvalue weighted by atomic mass is 32.2. The van der Waals surface area contributed by atoms with Crippen LogP contribution in [-0.2, 0) is 34.7 Å². The average molecular weight is 671 g/mol. The van der Waals surface area contributed by atoms with E-state index in [-0.39, 0.29) is 24.3 Å². The summed E-state index contributed by atoms with van der Waals surface area (Å²) in [5, 5.41) is 18.4. The minimum atomic E-state index is -4.49. The predicted octanol–water partition coefficient (Wildman–Crippen LogP) is 5.84. The Balaban J connectivity index is 1.43. The first-order valence-corrected chi connectivity index (χ1v) is 17.4. The number of aryl methyl sites for hydroxylation is 1. The van der Waals surface area contributed by atoms with Crippen molar-refractivity contribution in [3.05, 3.63) is 101 Å². The first kappa shape index (κ1) is 34.5. The number of anilines is 1. The van der Waals surface area contributed by atoms with Crippen molar-refractivity contribution in [3.8, 4) is 0 Å². The lowest BCUT2D eigenvalue weighted by atomic mass is 9.92. The fraction of sp³-hybridized carbons (Fsp3) is 0.400. The molecule has 252 valence electrons. The molecule has 0 radical (unpaired) electrons. The number of hydrogen-bond acceptors (Lipinski definition) is 5. The molecule has 1 saturated heterocycles. The number of amides is 1. The number of nitrogens with zero attached hydrogens (tertiary/aromatic N) is 2. The summed E-state index contributed by atoms with van der Waals surface area (Å²) in [5.74, 6) is -0.447. The fourth-order valence-corrected chi connectivity index (χ4v) is 7.69. The van der Waals surface area contributed by atoms with E-state index in [1.807, 2.05) is 54.1 Å². The third-order valence-corrected chi connectivity index (χ3v) is 10.7. The topological polar surface area (TPSA) is 104 Å². The normalized spacial score (nSPS) is 16.6. The molecule has 0 aliphatic carbocycles. The summed E-state index contributed by atoms with van der Waals surface area (Å²) in [7, 11) is -3.56. The summed E-state index contributed by atoms with van der Waals surface area (Å²) in [6.45, 7) is 6.33. The maximum atomic E-state index is 13.9. The summed E-state index contributed by atoms with van der Waals surface area (Å²) >= 11 is 0. The summed E-state index contributed by atoms with van der Waals surface area (Å²) < 4.78 is 69.7. The number of carbonyl (C=O) groups is 1. The number of fused-ring (bicyclic) bond motifs is 1.